The summed E-state index contributed by atoms with van der Waals surface area (Å²) in [5, 5.41) is 17.6. The zero-order valence-corrected chi connectivity index (χ0v) is 11.9. The fourth-order valence-corrected chi connectivity index (χ4v) is 2.62. The van der Waals surface area contributed by atoms with Gasteiger partial charge in [0.25, 0.3) is 0 Å². The van der Waals surface area contributed by atoms with Crippen LogP contribution >= 0.6 is 0 Å². The molecule has 0 radical (unpaired) electrons. The van der Waals surface area contributed by atoms with Gasteiger partial charge >= 0.3 is 0 Å². The molecule has 1 unspecified atom stereocenters. The van der Waals surface area contributed by atoms with Crippen molar-refractivity contribution in [2.45, 2.75) is 38.8 Å². The molecule has 1 saturated heterocycles. The van der Waals surface area contributed by atoms with Gasteiger partial charge in [0.15, 0.2) is 5.76 Å². The lowest BCUT2D eigenvalue weighted by Crippen LogP contribution is -2.39. The molecule has 1 aliphatic heterocycles. The molecular formula is C14H25N3O2. The highest BCUT2D eigenvalue weighted by Crippen LogP contribution is 2.17. The average Bonchev–Trinajstić information content (AvgIpc) is 2.87. The summed E-state index contributed by atoms with van der Waals surface area (Å²) in [7, 11) is 2.01. The Hall–Kier alpha value is -0.910. The summed E-state index contributed by atoms with van der Waals surface area (Å²) in [5.74, 6) is 1.29. The van der Waals surface area contributed by atoms with Gasteiger partial charge in [-0.05, 0) is 45.3 Å². The minimum atomic E-state index is -0.249. The largest absolute Gasteiger partial charge is 0.392 e. The molecule has 0 bridgehead atoms. The van der Waals surface area contributed by atoms with Crippen molar-refractivity contribution in [3.63, 3.8) is 0 Å². The van der Waals surface area contributed by atoms with Crippen LogP contribution in [0.25, 0.3) is 0 Å². The van der Waals surface area contributed by atoms with Gasteiger partial charge in [-0.1, -0.05) is 12.1 Å². The third-order valence-corrected chi connectivity index (χ3v) is 3.82. The Kier molecular flexibility index (Phi) is 5.36. The molecule has 2 N–H and O–H groups in total. The predicted molar refractivity (Wildman–Crippen MR) is 73.8 cm³/mol. The van der Waals surface area contributed by atoms with Gasteiger partial charge < -0.3 is 14.9 Å². The second-order valence-corrected chi connectivity index (χ2v) is 5.49. The van der Waals surface area contributed by atoms with Gasteiger partial charge in [-0.2, -0.15) is 0 Å². The van der Waals surface area contributed by atoms with Crippen molar-refractivity contribution >= 4 is 0 Å². The average molecular weight is 267 g/mol. The van der Waals surface area contributed by atoms with Gasteiger partial charge in [0.05, 0.1) is 18.3 Å². The lowest BCUT2D eigenvalue weighted by molar-refractivity contribution is 0.0540. The topological polar surface area (TPSA) is 61.5 Å². The van der Waals surface area contributed by atoms with Crippen molar-refractivity contribution < 1.29 is 9.63 Å². The molecular weight excluding hydrogens is 242 g/mol. The van der Waals surface area contributed by atoms with Gasteiger partial charge in [0.1, 0.15) is 0 Å². The first-order valence-corrected chi connectivity index (χ1v) is 7.20. The van der Waals surface area contributed by atoms with E-state index in [1.54, 1.807) is 0 Å². The van der Waals surface area contributed by atoms with Crippen LogP contribution in [0.4, 0.5) is 0 Å². The van der Waals surface area contributed by atoms with Crippen molar-refractivity contribution in [1.82, 2.24) is 15.4 Å². The SMILES string of the molecule is CCc1cc(CN(C)CC(O)C2CCNCC2)on1. The van der Waals surface area contributed by atoms with Crippen LogP contribution in [0.5, 0.6) is 0 Å². The van der Waals surface area contributed by atoms with Crippen LogP contribution in [0.15, 0.2) is 10.6 Å². The molecule has 1 aromatic rings. The lowest BCUT2D eigenvalue weighted by atomic mass is 9.92. The van der Waals surface area contributed by atoms with E-state index in [9.17, 15) is 5.11 Å². The minimum absolute atomic E-state index is 0.249. The Morgan fingerprint density at radius 3 is 2.89 bits per heavy atom. The van der Waals surface area contributed by atoms with Crippen molar-refractivity contribution in [3.8, 4) is 0 Å². The van der Waals surface area contributed by atoms with Crippen LogP contribution in [0, 0.1) is 5.92 Å². The maximum Gasteiger partial charge on any atom is 0.150 e. The maximum absolute atomic E-state index is 10.3. The summed E-state index contributed by atoms with van der Waals surface area (Å²) in [6, 6.07) is 1.99. The molecule has 108 valence electrons. The van der Waals surface area contributed by atoms with E-state index in [2.05, 4.69) is 22.3 Å². The molecule has 1 aromatic heterocycles. The minimum Gasteiger partial charge on any atom is -0.392 e. The van der Waals surface area contributed by atoms with E-state index in [1.165, 1.54) is 0 Å². The van der Waals surface area contributed by atoms with E-state index < -0.39 is 0 Å². The first-order valence-electron chi connectivity index (χ1n) is 7.20. The summed E-state index contributed by atoms with van der Waals surface area (Å²) in [4.78, 5) is 2.10. The Balaban J connectivity index is 1.77. The van der Waals surface area contributed by atoms with Gasteiger partial charge in [0, 0.05) is 12.6 Å². The number of aliphatic hydroxyl groups is 1. The molecule has 0 amide bonds. The first-order chi connectivity index (χ1) is 9.19. The highest BCUT2D eigenvalue weighted by atomic mass is 16.5. The molecule has 0 aromatic carbocycles. The number of aryl methyl sites for hydroxylation is 1. The van der Waals surface area contributed by atoms with Crippen molar-refractivity contribution in [3.05, 3.63) is 17.5 Å². The monoisotopic (exact) mass is 267 g/mol. The van der Waals surface area contributed by atoms with Gasteiger partial charge in [-0.25, -0.2) is 0 Å². The highest BCUT2D eigenvalue weighted by molar-refractivity contribution is 5.04. The predicted octanol–water partition coefficient (Wildman–Crippen LogP) is 1.03. The number of rotatable bonds is 6. The van der Waals surface area contributed by atoms with Crippen LogP contribution in [-0.2, 0) is 13.0 Å². The fraction of sp³-hybridized carbons (Fsp3) is 0.786. The fourth-order valence-electron chi connectivity index (χ4n) is 2.62. The van der Waals surface area contributed by atoms with Gasteiger partial charge in [-0.15, -0.1) is 0 Å². The van der Waals surface area contributed by atoms with E-state index >= 15 is 0 Å². The Bertz CT molecular complexity index is 375. The zero-order valence-electron chi connectivity index (χ0n) is 11.9. The summed E-state index contributed by atoms with van der Waals surface area (Å²) < 4.78 is 5.27. The van der Waals surface area contributed by atoms with E-state index in [0.29, 0.717) is 19.0 Å². The molecule has 2 rings (SSSR count). The molecule has 5 heteroatoms. The summed E-state index contributed by atoms with van der Waals surface area (Å²) in [6.45, 7) is 5.49. The highest BCUT2D eigenvalue weighted by Gasteiger charge is 2.22. The number of nitrogens with one attached hydrogen (secondary N) is 1. The smallest absolute Gasteiger partial charge is 0.150 e. The number of nitrogens with zero attached hydrogens (tertiary/aromatic N) is 2. The maximum atomic E-state index is 10.3. The zero-order chi connectivity index (χ0) is 13.7. The molecule has 5 nitrogen and oxygen atoms in total. The molecule has 0 saturated carbocycles. The standard InChI is InChI=1S/C14H25N3O2/c1-3-12-8-13(19-16-12)9-17(2)10-14(18)11-4-6-15-7-5-11/h8,11,14-15,18H,3-7,9-10H2,1-2H3. The molecule has 1 atom stereocenters. The Morgan fingerprint density at radius 1 is 1.53 bits per heavy atom. The molecule has 0 spiro atoms. The molecule has 19 heavy (non-hydrogen) atoms. The number of aromatic nitrogens is 1. The van der Waals surface area contributed by atoms with Crippen LogP contribution < -0.4 is 5.32 Å². The van der Waals surface area contributed by atoms with Crippen molar-refractivity contribution in [2.24, 2.45) is 5.92 Å². The molecule has 0 aliphatic carbocycles. The second kappa shape index (κ2) is 7.03. The quantitative estimate of drug-likeness (QED) is 0.806. The molecule has 1 aliphatic rings. The molecule has 2 heterocycles. The van der Waals surface area contributed by atoms with Crippen molar-refractivity contribution in [1.29, 1.82) is 0 Å². The van der Waals surface area contributed by atoms with Crippen LogP contribution in [0.2, 0.25) is 0 Å². The van der Waals surface area contributed by atoms with E-state index in [1.807, 2.05) is 13.1 Å². The van der Waals surface area contributed by atoms with E-state index in [0.717, 1.165) is 43.8 Å². The summed E-state index contributed by atoms with van der Waals surface area (Å²) >= 11 is 0. The summed E-state index contributed by atoms with van der Waals surface area (Å²) in [5.41, 5.74) is 0.988. The van der Waals surface area contributed by atoms with E-state index in [4.69, 9.17) is 4.52 Å². The normalized spacial score (nSPS) is 18.9. The second-order valence-electron chi connectivity index (χ2n) is 5.49. The van der Waals surface area contributed by atoms with Crippen LogP contribution in [0.1, 0.15) is 31.2 Å². The van der Waals surface area contributed by atoms with Crippen LogP contribution in [0.3, 0.4) is 0 Å². The summed E-state index contributed by atoms with van der Waals surface area (Å²) in [6.07, 6.45) is 2.78. The third-order valence-electron chi connectivity index (χ3n) is 3.82. The first kappa shape index (κ1) is 14.5. The number of hydrogen-bond donors (Lipinski definition) is 2. The van der Waals surface area contributed by atoms with Crippen LogP contribution in [-0.4, -0.2) is 47.9 Å². The number of aliphatic hydroxyl groups excluding tert-OH is 1. The Morgan fingerprint density at radius 2 is 2.26 bits per heavy atom. The third kappa shape index (κ3) is 4.30. The number of likely N-dealkylation sites (N-methyl/N-ethyl adjacent to an activating group) is 1. The Labute approximate surface area is 115 Å². The lowest BCUT2D eigenvalue weighted by Gasteiger charge is -2.29. The van der Waals surface area contributed by atoms with E-state index in [-0.39, 0.29) is 6.10 Å². The number of piperidine rings is 1. The van der Waals surface area contributed by atoms with Crippen molar-refractivity contribution in [2.75, 3.05) is 26.7 Å². The van der Waals surface area contributed by atoms with Gasteiger partial charge in [-0.3, -0.25) is 4.90 Å². The molecule has 1 fully saturated rings. The number of hydrogen-bond acceptors (Lipinski definition) is 5. The van der Waals surface area contributed by atoms with Gasteiger partial charge in [0.2, 0.25) is 0 Å².